The summed E-state index contributed by atoms with van der Waals surface area (Å²) >= 11 is 0.869. The lowest BCUT2D eigenvalue weighted by atomic mass is 10.0. The number of likely N-dealkylation sites (N-methyl/N-ethyl adjacent to an activating group) is 1. The van der Waals surface area contributed by atoms with Crippen LogP contribution in [0.4, 0.5) is 4.79 Å². The number of nitrogens with zero attached hydrogens (tertiary/aromatic N) is 2. The number of hydrogen-bond acceptors (Lipinski definition) is 10. The summed E-state index contributed by atoms with van der Waals surface area (Å²) in [4.78, 5) is 62.8. The highest BCUT2D eigenvalue weighted by molar-refractivity contribution is 8.18. The number of rotatable bonds is 13. The average Bonchev–Trinajstić information content (AvgIpc) is 3.56. The lowest BCUT2D eigenvalue weighted by Crippen LogP contribution is -2.53. The van der Waals surface area contributed by atoms with Gasteiger partial charge < -0.3 is 30.4 Å². The molecule has 2 aromatic carbocycles. The Hall–Kier alpha value is -4.59. The van der Waals surface area contributed by atoms with Crippen LogP contribution >= 0.6 is 11.8 Å². The summed E-state index contributed by atoms with van der Waals surface area (Å²) in [5.74, 6) is -0.965. The molecule has 1 aliphatic rings. The molecule has 0 aliphatic carbocycles. The number of aryl methyl sites for hydroxylation is 2. The summed E-state index contributed by atoms with van der Waals surface area (Å²) in [6, 6.07) is 14.2. The molecule has 0 radical (unpaired) electrons. The molecule has 230 valence electrons. The number of amides is 4. The van der Waals surface area contributed by atoms with Crippen molar-refractivity contribution in [1.82, 2.24) is 26.0 Å². The van der Waals surface area contributed by atoms with Crippen molar-refractivity contribution in [2.75, 3.05) is 13.6 Å². The van der Waals surface area contributed by atoms with Gasteiger partial charge in [0.05, 0.1) is 17.1 Å². The number of thioether (sulfide) groups is 1. The second-order valence-electron chi connectivity index (χ2n) is 10.4. The van der Waals surface area contributed by atoms with Crippen molar-refractivity contribution in [2.24, 2.45) is 0 Å². The zero-order valence-electron chi connectivity index (χ0n) is 24.4. The molecule has 12 nitrogen and oxygen atoms in total. The highest BCUT2D eigenvalue weighted by Crippen LogP contribution is 2.31. The molecule has 1 aromatic heterocycles. The Bertz CT molecular complexity index is 1550. The van der Waals surface area contributed by atoms with Crippen molar-refractivity contribution < 1.29 is 33.6 Å². The first-order valence-corrected chi connectivity index (χ1v) is 14.6. The minimum atomic E-state index is -1.35. The van der Waals surface area contributed by atoms with E-state index < -0.39 is 24.1 Å². The molecule has 1 saturated heterocycles. The fourth-order valence-electron chi connectivity index (χ4n) is 4.27. The van der Waals surface area contributed by atoms with Crippen LogP contribution in [-0.4, -0.2) is 76.2 Å². The van der Waals surface area contributed by atoms with E-state index in [-0.39, 0.29) is 42.3 Å². The number of benzene rings is 2. The molecule has 3 atom stereocenters. The van der Waals surface area contributed by atoms with Gasteiger partial charge in [-0.05, 0) is 54.8 Å². The van der Waals surface area contributed by atoms with Gasteiger partial charge in [-0.2, -0.15) is 0 Å². The van der Waals surface area contributed by atoms with Crippen LogP contribution in [0.25, 0.3) is 6.08 Å². The molecule has 4 amide bonds. The summed E-state index contributed by atoms with van der Waals surface area (Å²) < 4.78 is 4.88. The maximum absolute atomic E-state index is 13.3. The first kappa shape index (κ1) is 32.3. The van der Waals surface area contributed by atoms with Gasteiger partial charge in [0.15, 0.2) is 5.69 Å². The molecular weight excluding hydrogens is 586 g/mol. The minimum Gasteiger partial charge on any atom is -0.389 e. The Balaban J connectivity index is 1.43. The Labute approximate surface area is 258 Å². The van der Waals surface area contributed by atoms with Gasteiger partial charge in [-0.1, -0.05) is 59.3 Å². The molecule has 44 heavy (non-hydrogen) atoms. The van der Waals surface area contributed by atoms with Crippen LogP contribution in [0.2, 0.25) is 0 Å². The molecule has 1 fully saturated rings. The predicted octanol–water partition coefficient (Wildman–Crippen LogP) is 2.13. The summed E-state index contributed by atoms with van der Waals surface area (Å²) in [6.45, 7) is 3.69. The summed E-state index contributed by atoms with van der Waals surface area (Å²) in [7, 11) is 1.43. The first-order chi connectivity index (χ1) is 21.0. The van der Waals surface area contributed by atoms with Gasteiger partial charge in [-0.15, -0.1) is 0 Å². The van der Waals surface area contributed by atoms with E-state index in [9.17, 15) is 29.1 Å². The monoisotopic (exact) mass is 619 g/mol. The lowest BCUT2D eigenvalue weighted by Gasteiger charge is -2.23. The van der Waals surface area contributed by atoms with Crippen molar-refractivity contribution in [1.29, 1.82) is 0 Å². The van der Waals surface area contributed by atoms with E-state index >= 15 is 0 Å². The number of imide groups is 1. The molecule has 4 N–H and O–H groups in total. The van der Waals surface area contributed by atoms with Crippen LogP contribution in [0.5, 0.6) is 0 Å². The maximum Gasteiger partial charge on any atom is 0.293 e. The van der Waals surface area contributed by atoms with Gasteiger partial charge in [0.2, 0.25) is 5.91 Å². The second-order valence-corrected chi connectivity index (χ2v) is 11.4. The van der Waals surface area contributed by atoms with Crippen LogP contribution in [0.3, 0.4) is 0 Å². The van der Waals surface area contributed by atoms with Gasteiger partial charge in [-0.25, -0.2) is 0 Å². The number of carbonyl (C=O) groups excluding carboxylic acids is 5. The number of hydrogen-bond donors (Lipinski definition) is 4. The van der Waals surface area contributed by atoms with E-state index in [1.807, 2.05) is 31.2 Å². The molecule has 1 aliphatic heterocycles. The number of aromatic nitrogens is 1. The van der Waals surface area contributed by atoms with E-state index in [1.165, 1.54) is 13.1 Å². The van der Waals surface area contributed by atoms with Gasteiger partial charge in [0, 0.05) is 26.2 Å². The van der Waals surface area contributed by atoms with Gasteiger partial charge in [0.25, 0.3) is 17.1 Å². The second kappa shape index (κ2) is 14.7. The molecule has 3 aromatic rings. The number of carbonyl (C=O) groups is 5. The number of aldehydes is 1. The van der Waals surface area contributed by atoms with E-state index in [1.54, 1.807) is 37.3 Å². The highest BCUT2D eigenvalue weighted by Gasteiger charge is 2.32. The minimum absolute atomic E-state index is 0.0310. The third kappa shape index (κ3) is 8.49. The maximum atomic E-state index is 13.3. The third-order valence-electron chi connectivity index (χ3n) is 6.90. The molecular formula is C31H33N5O7S. The predicted molar refractivity (Wildman–Crippen MR) is 163 cm³/mol. The highest BCUT2D eigenvalue weighted by atomic mass is 32.2. The fourth-order valence-corrected chi connectivity index (χ4v) is 5.10. The molecule has 0 spiro atoms. The zero-order valence-corrected chi connectivity index (χ0v) is 25.2. The molecule has 0 saturated carbocycles. The molecule has 0 bridgehead atoms. The van der Waals surface area contributed by atoms with Crippen molar-refractivity contribution in [3.63, 3.8) is 0 Å². The lowest BCUT2D eigenvalue weighted by molar-refractivity contribution is -0.123. The van der Waals surface area contributed by atoms with E-state index in [0.29, 0.717) is 22.5 Å². The van der Waals surface area contributed by atoms with Gasteiger partial charge >= 0.3 is 0 Å². The summed E-state index contributed by atoms with van der Waals surface area (Å²) in [5, 5.41) is 22.3. The quantitative estimate of drug-likeness (QED) is 0.164. The van der Waals surface area contributed by atoms with Crippen LogP contribution in [0.15, 0.2) is 64.0 Å². The van der Waals surface area contributed by atoms with Gasteiger partial charge in [-0.3, -0.25) is 24.1 Å². The Kier molecular flexibility index (Phi) is 10.8. The van der Waals surface area contributed by atoms with E-state index in [4.69, 9.17) is 4.52 Å². The first-order valence-electron chi connectivity index (χ1n) is 13.8. The van der Waals surface area contributed by atoms with E-state index in [0.717, 1.165) is 33.4 Å². The van der Waals surface area contributed by atoms with Crippen LogP contribution in [0, 0.1) is 13.8 Å². The van der Waals surface area contributed by atoms with Gasteiger partial charge in [0.1, 0.15) is 18.1 Å². The van der Waals surface area contributed by atoms with Crippen LogP contribution < -0.4 is 16.0 Å². The van der Waals surface area contributed by atoms with Crippen LogP contribution in [0.1, 0.15) is 38.5 Å². The Morgan fingerprint density at radius 2 is 1.75 bits per heavy atom. The topological polar surface area (TPSA) is 171 Å². The SMILES string of the molecule is Cc1ccc(CNC(=O)[C@H](Cc2ccc(C=C3SC(=O)N(C)C3=O)cc2)NC[C@H](O)[C@@H](C=O)NC(=O)c2cc(C)on2)cc1. The van der Waals surface area contributed by atoms with Crippen molar-refractivity contribution in [3.05, 3.63) is 93.2 Å². The largest absolute Gasteiger partial charge is 0.389 e. The van der Waals surface area contributed by atoms with Crippen molar-refractivity contribution >= 4 is 47.1 Å². The number of aliphatic hydroxyl groups excluding tert-OH is 1. The molecule has 4 rings (SSSR count). The molecule has 2 heterocycles. The zero-order chi connectivity index (χ0) is 31.8. The fraction of sp³-hybridized carbons (Fsp3) is 0.290. The standard InChI is InChI=1S/C31H33N5O7S/c1-18-4-6-22(7-5-18)15-33-28(39)23(32-16-26(38)25(17-37)34-29(40)24-12-19(2)43-35-24)13-20-8-10-21(11-9-20)14-27-30(41)36(3)31(42)44-27/h4-12,14,17,23,25-26,32,38H,13,15-16H2,1-3H3,(H,33,39)(H,34,40)/t23-,25+,26-/m0/s1. The summed E-state index contributed by atoms with van der Waals surface area (Å²) in [5.41, 5.74) is 3.47. The van der Waals surface area contributed by atoms with Crippen molar-refractivity contribution in [3.8, 4) is 0 Å². The Morgan fingerprint density at radius 3 is 2.34 bits per heavy atom. The van der Waals surface area contributed by atoms with Crippen LogP contribution in [-0.2, 0) is 27.3 Å². The van der Waals surface area contributed by atoms with Crippen molar-refractivity contribution in [2.45, 2.75) is 45.0 Å². The van der Waals surface area contributed by atoms with E-state index in [2.05, 4.69) is 21.1 Å². The average molecular weight is 620 g/mol. The normalized spacial score (nSPS) is 16.1. The number of aliphatic hydroxyl groups is 1. The smallest absolute Gasteiger partial charge is 0.293 e. The molecule has 13 heteroatoms. The number of nitrogens with one attached hydrogen (secondary N) is 3. The molecule has 0 unspecified atom stereocenters. The Morgan fingerprint density at radius 1 is 1.07 bits per heavy atom. The summed E-state index contributed by atoms with van der Waals surface area (Å²) in [6.07, 6.45) is 0.921. The third-order valence-corrected chi connectivity index (χ3v) is 7.86.